The molecule has 16 atom stereocenters. The predicted octanol–water partition coefficient (Wildman–Crippen LogP) is -5.26. The molecular weight excluding hydrogens is 1170 g/mol. The highest BCUT2D eigenvalue weighted by atomic mass is 16.7. The number of hydrogen-bond donors (Lipinski definition) is 18. The zero-order chi connectivity index (χ0) is 67.4. The van der Waals surface area contributed by atoms with Crippen molar-refractivity contribution in [2.24, 2.45) is 29.2 Å². The molecule has 1 aromatic carbocycles. The number of ether oxygens (including phenoxy) is 2. The van der Waals surface area contributed by atoms with E-state index in [1.807, 2.05) is 0 Å². The van der Waals surface area contributed by atoms with E-state index in [1.165, 1.54) is 13.8 Å². The van der Waals surface area contributed by atoms with E-state index in [0.717, 1.165) is 6.92 Å². The second-order valence-corrected chi connectivity index (χ2v) is 22.8. The van der Waals surface area contributed by atoms with Crippen LogP contribution in [0.3, 0.4) is 0 Å². The van der Waals surface area contributed by atoms with Gasteiger partial charge >= 0.3 is 11.9 Å². The van der Waals surface area contributed by atoms with Crippen LogP contribution in [0.5, 0.6) is 0 Å². The summed E-state index contributed by atoms with van der Waals surface area (Å²) in [6.45, 7) is 11.3. The number of unbranched alkanes of at least 4 members (excludes halogenated alkanes) is 1. The molecule has 0 aromatic heterocycles. The number of nitrogens with one attached hydrogen (secondary N) is 10. The lowest BCUT2D eigenvalue weighted by Crippen LogP contribution is -2.65. The van der Waals surface area contributed by atoms with Crippen LogP contribution in [0.1, 0.15) is 113 Å². The first-order valence-electron chi connectivity index (χ1n) is 29.6. The number of hydrogen-bond acceptors (Lipinski definition) is 20. The van der Waals surface area contributed by atoms with Crippen molar-refractivity contribution in [3.8, 4) is 0 Å². The van der Waals surface area contributed by atoms with Crippen molar-refractivity contribution < 1.29 is 97.6 Å². The highest BCUT2D eigenvalue weighted by Crippen LogP contribution is 2.23. The van der Waals surface area contributed by atoms with E-state index in [1.54, 1.807) is 71.9 Å². The lowest BCUT2D eigenvalue weighted by Gasteiger charge is -2.42. The van der Waals surface area contributed by atoms with Crippen LogP contribution in [0.2, 0.25) is 0 Å². The Morgan fingerprint density at radius 1 is 0.652 bits per heavy atom. The summed E-state index contributed by atoms with van der Waals surface area (Å²) < 4.78 is 11.5. The number of aliphatic hydroxyl groups is 4. The monoisotopic (exact) mass is 1270 g/mol. The van der Waals surface area contributed by atoms with E-state index in [9.17, 15) is 88.2 Å². The molecule has 1 saturated heterocycles. The Bertz CT molecular complexity index is 2530. The summed E-state index contributed by atoms with van der Waals surface area (Å²) in [6.07, 6.45) is -8.93. The molecule has 0 spiro atoms. The van der Waals surface area contributed by atoms with Gasteiger partial charge in [-0.05, 0) is 75.8 Å². The van der Waals surface area contributed by atoms with Crippen LogP contribution in [0, 0.1) is 17.8 Å². The molecule has 1 heterocycles. The van der Waals surface area contributed by atoms with Gasteiger partial charge in [-0.3, -0.25) is 52.7 Å². The lowest BCUT2D eigenvalue weighted by atomic mass is 9.96. The molecule has 32 heteroatoms. The largest absolute Gasteiger partial charge is 0.481 e. The number of nitrogens with two attached hydrogens (primary N) is 2. The van der Waals surface area contributed by atoms with Crippen LogP contribution in [0.15, 0.2) is 30.3 Å². The molecule has 1 aliphatic heterocycles. The van der Waals surface area contributed by atoms with Crippen LogP contribution >= 0.6 is 0 Å². The predicted molar refractivity (Wildman–Crippen MR) is 316 cm³/mol. The van der Waals surface area contributed by atoms with Crippen molar-refractivity contribution >= 4 is 71.0 Å². The van der Waals surface area contributed by atoms with Gasteiger partial charge in [-0.2, -0.15) is 0 Å². The number of rotatable bonds is 39. The minimum atomic E-state index is -2.00. The lowest BCUT2D eigenvalue weighted by molar-refractivity contribution is -0.271. The van der Waals surface area contributed by atoms with Crippen molar-refractivity contribution in [3.63, 3.8) is 0 Å². The maximum absolute atomic E-state index is 14.7. The van der Waals surface area contributed by atoms with Gasteiger partial charge in [0.2, 0.25) is 59.1 Å². The fourth-order valence-electron chi connectivity index (χ4n) is 8.96. The molecule has 20 N–H and O–H groups in total. The summed E-state index contributed by atoms with van der Waals surface area (Å²) in [7, 11) is 0. The number of amides is 10. The molecule has 502 valence electrons. The number of benzene rings is 1. The third-order valence-corrected chi connectivity index (χ3v) is 14.5. The molecular formula is C57H94N12O20. The molecule has 89 heavy (non-hydrogen) atoms. The summed E-state index contributed by atoms with van der Waals surface area (Å²) in [4.78, 5) is 160. The van der Waals surface area contributed by atoms with Gasteiger partial charge in [0.25, 0.3) is 0 Å². The standard InChI is InChI=1S/C57H94N12O20/c1-10-29(6)43(68-53(83)42(59)28(4)5)54(84)69-44(31(8)71)55(85)61-30(7)48(78)66-37(23-33-16-12-11-13-17-33)51(81)67-38(26-88-57-45(62-32(9)72)47(77)46(76)39(25-70)89-57)52(82)64-34(19-20-41(74)75)49(79)60-24-40(73)63-36(22-27(2)3)50(80)65-35(56(86)87)18-14-15-21-58/h11-13,16-17,27-31,34-39,42-47,57,70-71,76-77H,10,14-15,18-26,58-59H2,1-9H3,(H,60,79)(H,61,85)(H,62,72)(H,63,73)(H,64,82)(H,65,80)(H,66,78)(H,67,81)(H,68,83)(H,69,84)(H,74,75)(H,86,87)/t29-,30-,31+,34-,35-,36-,37-,38-,39+,42-,43-,44-,45+,46-,47+,57-/m0/s1. The number of aliphatic carboxylic acids is 2. The Kier molecular flexibility index (Phi) is 33.9. The number of carboxylic acid groups (broad SMARTS) is 2. The Morgan fingerprint density at radius 3 is 1.78 bits per heavy atom. The van der Waals surface area contributed by atoms with E-state index >= 15 is 0 Å². The first kappa shape index (κ1) is 77.6. The molecule has 0 aliphatic carbocycles. The first-order valence-corrected chi connectivity index (χ1v) is 29.6. The normalized spacial score (nSPS) is 20.2. The average Bonchev–Trinajstić information content (AvgIpc) is 1.17. The van der Waals surface area contributed by atoms with Crippen LogP contribution in [0.4, 0.5) is 0 Å². The molecule has 1 aliphatic rings. The molecule has 10 amide bonds. The summed E-state index contributed by atoms with van der Waals surface area (Å²) in [5.74, 6) is -13.5. The molecule has 0 radical (unpaired) electrons. The van der Waals surface area contributed by atoms with Crippen molar-refractivity contribution in [3.05, 3.63) is 35.9 Å². The maximum Gasteiger partial charge on any atom is 0.326 e. The smallest absolute Gasteiger partial charge is 0.326 e. The highest BCUT2D eigenvalue weighted by Gasteiger charge is 2.46. The highest BCUT2D eigenvalue weighted by molar-refractivity contribution is 5.98. The van der Waals surface area contributed by atoms with Crippen LogP contribution in [0.25, 0.3) is 0 Å². The Hall–Kier alpha value is -7.46. The van der Waals surface area contributed by atoms with Crippen LogP contribution < -0.4 is 64.6 Å². The molecule has 0 saturated carbocycles. The number of carboxylic acids is 2. The fourth-order valence-corrected chi connectivity index (χ4v) is 8.96. The van der Waals surface area contributed by atoms with E-state index in [2.05, 4.69) is 53.2 Å². The summed E-state index contributed by atoms with van der Waals surface area (Å²) in [6, 6.07) is -7.05. The zero-order valence-electron chi connectivity index (χ0n) is 51.8. The zero-order valence-corrected chi connectivity index (χ0v) is 51.8. The molecule has 0 unspecified atom stereocenters. The average molecular weight is 1270 g/mol. The van der Waals surface area contributed by atoms with Crippen molar-refractivity contribution in [2.75, 3.05) is 26.3 Å². The van der Waals surface area contributed by atoms with Gasteiger partial charge in [0, 0.05) is 19.8 Å². The molecule has 32 nitrogen and oxygen atoms in total. The Labute approximate surface area is 516 Å². The SMILES string of the molecule is CC[C@H](C)[C@H](NC(=O)[C@@H](N)C(C)C)C(=O)N[C@H](C(=O)N[C@@H](C)C(=O)N[C@@H](Cc1ccccc1)C(=O)N[C@@H](CO[C@H]1O[C@H](CO)[C@H](O)[C@H](O)[C@H]1NC(C)=O)C(=O)N[C@@H](CCC(=O)O)C(=O)NCC(=O)N[C@@H](CC(C)C)C(=O)N[C@@H](CCCCN)C(=O)O)[C@@H](C)O. The van der Waals surface area contributed by atoms with E-state index in [4.69, 9.17) is 20.9 Å². The number of carbonyl (C=O) groups is 12. The molecule has 2 rings (SSSR count). The van der Waals surface area contributed by atoms with Gasteiger partial charge in [-0.25, -0.2) is 4.79 Å². The summed E-state index contributed by atoms with van der Waals surface area (Å²) in [5, 5.41) is 85.9. The van der Waals surface area contributed by atoms with Gasteiger partial charge < -0.3 is 105 Å². The number of carbonyl (C=O) groups excluding carboxylic acids is 10. The third kappa shape index (κ3) is 26.6. The van der Waals surface area contributed by atoms with Crippen molar-refractivity contribution in [1.82, 2.24) is 53.2 Å². The van der Waals surface area contributed by atoms with Crippen LogP contribution in [-0.2, 0) is 73.4 Å². The van der Waals surface area contributed by atoms with Gasteiger partial charge in [0.05, 0.1) is 31.9 Å². The Morgan fingerprint density at radius 2 is 1.22 bits per heavy atom. The topological polar surface area (TPSA) is 517 Å². The fraction of sp³-hybridized carbons (Fsp3) is 0.684. The van der Waals surface area contributed by atoms with Gasteiger partial charge in [0.1, 0.15) is 72.7 Å². The van der Waals surface area contributed by atoms with E-state index in [0.29, 0.717) is 24.8 Å². The molecule has 0 bridgehead atoms. The van der Waals surface area contributed by atoms with Gasteiger partial charge in [-0.1, -0.05) is 78.3 Å². The van der Waals surface area contributed by atoms with E-state index in [-0.39, 0.29) is 37.6 Å². The van der Waals surface area contributed by atoms with E-state index < -0.39 is 201 Å². The maximum atomic E-state index is 14.7. The van der Waals surface area contributed by atoms with Crippen molar-refractivity contribution in [2.45, 2.75) is 205 Å². The Balaban J connectivity index is 2.58. The quantitative estimate of drug-likeness (QED) is 0.0274. The summed E-state index contributed by atoms with van der Waals surface area (Å²) >= 11 is 0. The minimum Gasteiger partial charge on any atom is -0.481 e. The molecule has 1 fully saturated rings. The van der Waals surface area contributed by atoms with Gasteiger partial charge in [0.15, 0.2) is 6.29 Å². The minimum absolute atomic E-state index is 0.0279. The van der Waals surface area contributed by atoms with Crippen molar-refractivity contribution in [1.29, 1.82) is 0 Å². The second kappa shape index (κ2) is 38.8. The number of aliphatic hydroxyl groups excluding tert-OH is 4. The first-order chi connectivity index (χ1) is 41.8. The third-order valence-electron chi connectivity index (χ3n) is 14.5. The van der Waals surface area contributed by atoms with Crippen LogP contribution in [-0.4, -0.2) is 219 Å². The van der Waals surface area contributed by atoms with Gasteiger partial charge in [-0.15, -0.1) is 0 Å². The summed E-state index contributed by atoms with van der Waals surface area (Å²) in [5.41, 5.74) is 12.0. The molecule has 1 aromatic rings. The second-order valence-electron chi connectivity index (χ2n) is 22.8.